The van der Waals surface area contributed by atoms with E-state index in [9.17, 15) is 0 Å². The van der Waals surface area contributed by atoms with Crippen molar-refractivity contribution in [3.8, 4) is 0 Å². The third kappa shape index (κ3) is 2.36. The highest BCUT2D eigenvalue weighted by Gasteiger charge is 2.15. The molecular formula is C13H14N2S3. The summed E-state index contributed by atoms with van der Waals surface area (Å²) in [6.45, 7) is 2.05. The molecule has 0 fully saturated rings. The molecule has 94 valence electrons. The van der Waals surface area contributed by atoms with Crippen LogP contribution in [0.1, 0.15) is 21.6 Å². The average molecular weight is 294 g/mol. The summed E-state index contributed by atoms with van der Waals surface area (Å²) in [5.74, 6) is 0. The van der Waals surface area contributed by atoms with E-state index in [0.717, 1.165) is 12.1 Å². The Bertz CT molecular complexity index is 621. The third-order valence-corrected chi connectivity index (χ3v) is 6.09. The summed E-state index contributed by atoms with van der Waals surface area (Å²) in [5.41, 5.74) is 1.12. The van der Waals surface area contributed by atoms with Gasteiger partial charge < -0.3 is 5.32 Å². The summed E-state index contributed by atoms with van der Waals surface area (Å²) < 4.78 is 2.79. The molecule has 1 unspecified atom stereocenters. The number of thiophene rings is 2. The Morgan fingerprint density at radius 3 is 2.89 bits per heavy atom. The first kappa shape index (κ1) is 12.3. The Hall–Kier alpha value is -0.750. The van der Waals surface area contributed by atoms with Gasteiger partial charge in [-0.05, 0) is 31.5 Å². The molecule has 3 aromatic rings. The van der Waals surface area contributed by atoms with Crippen molar-refractivity contribution in [3.05, 3.63) is 38.5 Å². The topological polar surface area (TPSA) is 24.9 Å². The van der Waals surface area contributed by atoms with E-state index in [0.29, 0.717) is 6.04 Å². The molecule has 1 N–H and O–H groups in total. The van der Waals surface area contributed by atoms with Gasteiger partial charge in [0.05, 0.1) is 5.01 Å². The van der Waals surface area contributed by atoms with Crippen molar-refractivity contribution in [3.63, 3.8) is 0 Å². The zero-order chi connectivity index (χ0) is 12.5. The van der Waals surface area contributed by atoms with E-state index in [4.69, 9.17) is 0 Å². The maximum absolute atomic E-state index is 4.55. The number of hydrogen-bond donors (Lipinski definition) is 1. The summed E-state index contributed by atoms with van der Waals surface area (Å²) in [5, 5.41) is 8.90. The standard InChI is InChI=1S/C13H14N2S3/c1-8-7-17-13(15-8)5-9(14-2)11-6-12-10(18-11)3-4-16-12/h3-4,6-7,9,14H,5H2,1-2H3. The monoisotopic (exact) mass is 294 g/mol. The van der Waals surface area contributed by atoms with Crippen LogP contribution in [0.2, 0.25) is 0 Å². The molecule has 0 spiro atoms. The average Bonchev–Trinajstić information content (AvgIpc) is 3.00. The van der Waals surface area contributed by atoms with Gasteiger partial charge in [-0.1, -0.05) is 0 Å². The van der Waals surface area contributed by atoms with Gasteiger partial charge in [-0.3, -0.25) is 0 Å². The second-order valence-corrected chi connectivity index (χ2v) is 7.23. The first-order valence-corrected chi connectivity index (χ1v) is 8.39. The first-order valence-electron chi connectivity index (χ1n) is 5.81. The second-order valence-electron chi connectivity index (χ2n) is 4.23. The number of fused-ring (bicyclic) bond motifs is 1. The zero-order valence-corrected chi connectivity index (χ0v) is 12.7. The lowest BCUT2D eigenvalue weighted by Crippen LogP contribution is -2.17. The molecule has 18 heavy (non-hydrogen) atoms. The predicted molar refractivity (Wildman–Crippen MR) is 82.1 cm³/mol. The Kier molecular flexibility index (Phi) is 3.48. The minimum Gasteiger partial charge on any atom is -0.312 e. The first-order chi connectivity index (χ1) is 8.76. The van der Waals surface area contributed by atoms with Gasteiger partial charge in [0.15, 0.2) is 0 Å². The van der Waals surface area contributed by atoms with Crippen LogP contribution in [0.5, 0.6) is 0 Å². The van der Waals surface area contributed by atoms with Gasteiger partial charge in [-0.25, -0.2) is 4.98 Å². The molecule has 0 saturated heterocycles. The van der Waals surface area contributed by atoms with Crippen LogP contribution < -0.4 is 5.32 Å². The van der Waals surface area contributed by atoms with Crippen molar-refractivity contribution in [1.29, 1.82) is 0 Å². The van der Waals surface area contributed by atoms with Crippen molar-refractivity contribution in [2.24, 2.45) is 0 Å². The number of likely N-dealkylation sites (N-methyl/N-ethyl adjacent to an activating group) is 1. The van der Waals surface area contributed by atoms with E-state index in [-0.39, 0.29) is 0 Å². The molecule has 2 nitrogen and oxygen atoms in total. The fourth-order valence-electron chi connectivity index (χ4n) is 1.97. The third-order valence-electron chi connectivity index (χ3n) is 2.90. The molecule has 3 heterocycles. The summed E-state index contributed by atoms with van der Waals surface area (Å²) in [7, 11) is 2.03. The highest BCUT2D eigenvalue weighted by molar-refractivity contribution is 7.27. The van der Waals surface area contributed by atoms with Crippen molar-refractivity contribution in [2.45, 2.75) is 19.4 Å². The van der Waals surface area contributed by atoms with E-state index in [2.05, 4.69) is 40.1 Å². The molecule has 0 amide bonds. The van der Waals surface area contributed by atoms with Gasteiger partial charge in [0.25, 0.3) is 0 Å². The molecule has 0 radical (unpaired) electrons. The van der Waals surface area contributed by atoms with Crippen LogP contribution in [0.4, 0.5) is 0 Å². The van der Waals surface area contributed by atoms with Crippen LogP contribution in [-0.2, 0) is 6.42 Å². The van der Waals surface area contributed by atoms with Crippen LogP contribution in [0.25, 0.3) is 9.40 Å². The van der Waals surface area contributed by atoms with Gasteiger partial charge in [0.1, 0.15) is 0 Å². The molecule has 0 aliphatic rings. The van der Waals surface area contributed by atoms with Crippen LogP contribution in [0, 0.1) is 6.92 Å². The molecule has 0 aliphatic carbocycles. The summed E-state index contributed by atoms with van der Waals surface area (Å²) in [4.78, 5) is 5.96. The van der Waals surface area contributed by atoms with E-state index in [1.165, 1.54) is 19.3 Å². The van der Waals surface area contributed by atoms with E-state index in [1.54, 1.807) is 11.3 Å². The van der Waals surface area contributed by atoms with Gasteiger partial charge in [-0.2, -0.15) is 0 Å². The van der Waals surface area contributed by atoms with Crippen LogP contribution in [0.3, 0.4) is 0 Å². The fourth-order valence-corrected chi connectivity index (χ4v) is 5.02. The highest BCUT2D eigenvalue weighted by Crippen LogP contribution is 2.34. The molecular weight excluding hydrogens is 280 g/mol. The Labute approximate surface area is 118 Å². The predicted octanol–water partition coefficient (Wildman–Crippen LogP) is 4.23. The molecule has 0 aliphatic heterocycles. The number of nitrogens with one attached hydrogen (secondary N) is 1. The summed E-state index contributed by atoms with van der Waals surface area (Å²) in [6.07, 6.45) is 0.975. The lowest BCUT2D eigenvalue weighted by atomic mass is 10.2. The van der Waals surface area contributed by atoms with E-state index in [1.807, 2.05) is 29.7 Å². The number of hydrogen-bond acceptors (Lipinski definition) is 5. The SMILES string of the molecule is CNC(Cc1nc(C)cs1)c1cc2sccc2s1. The van der Waals surface area contributed by atoms with E-state index >= 15 is 0 Å². The molecule has 3 rings (SSSR count). The van der Waals surface area contributed by atoms with Gasteiger partial charge in [0.2, 0.25) is 0 Å². The minimum atomic E-state index is 0.375. The van der Waals surface area contributed by atoms with Crippen molar-refractivity contribution >= 4 is 43.4 Å². The van der Waals surface area contributed by atoms with Crippen molar-refractivity contribution < 1.29 is 0 Å². The molecule has 1 atom stereocenters. The largest absolute Gasteiger partial charge is 0.312 e. The number of thiazole rings is 1. The molecule has 0 saturated carbocycles. The van der Waals surface area contributed by atoms with E-state index < -0.39 is 0 Å². The highest BCUT2D eigenvalue weighted by atomic mass is 32.1. The Balaban J connectivity index is 1.85. The minimum absolute atomic E-state index is 0.375. The molecule has 0 aromatic carbocycles. The number of aromatic nitrogens is 1. The number of aryl methyl sites for hydroxylation is 1. The normalized spacial score (nSPS) is 13.2. The maximum atomic E-state index is 4.55. The van der Waals surface area contributed by atoms with Crippen LogP contribution >= 0.6 is 34.0 Å². The summed E-state index contributed by atoms with van der Waals surface area (Å²) in [6, 6.07) is 4.89. The fraction of sp³-hybridized carbons (Fsp3) is 0.308. The molecule has 0 bridgehead atoms. The lowest BCUT2D eigenvalue weighted by Gasteiger charge is -2.12. The Morgan fingerprint density at radius 2 is 2.22 bits per heavy atom. The van der Waals surface area contributed by atoms with Crippen LogP contribution in [-0.4, -0.2) is 12.0 Å². The quantitative estimate of drug-likeness (QED) is 0.779. The van der Waals surface area contributed by atoms with Gasteiger partial charge >= 0.3 is 0 Å². The smallest absolute Gasteiger partial charge is 0.0947 e. The molecule has 3 aromatic heterocycles. The molecule has 5 heteroatoms. The maximum Gasteiger partial charge on any atom is 0.0947 e. The van der Waals surface area contributed by atoms with Crippen molar-refractivity contribution in [2.75, 3.05) is 7.05 Å². The number of nitrogens with zero attached hydrogens (tertiary/aromatic N) is 1. The second kappa shape index (κ2) is 5.09. The zero-order valence-electron chi connectivity index (χ0n) is 10.3. The van der Waals surface area contributed by atoms with Gasteiger partial charge in [-0.15, -0.1) is 34.0 Å². The van der Waals surface area contributed by atoms with Crippen molar-refractivity contribution in [1.82, 2.24) is 10.3 Å². The summed E-state index contributed by atoms with van der Waals surface area (Å²) >= 11 is 5.46. The lowest BCUT2D eigenvalue weighted by molar-refractivity contribution is 0.600. The number of rotatable bonds is 4. The Morgan fingerprint density at radius 1 is 1.33 bits per heavy atom. The van der Waals surface area contributed by atoms with Crippen LogP contribution in [0.15, 0.2) is 22.9 Å². The van der Waals surface area contributed by atoms with Gasteiger partial charge in [0, 0.05) is 37.8 Å².